The number of aliphatic imine (C=N–C) groups is 1. The van der Waals surface area contributed by atoms with Gasteiger partial charge in [-0.25, -0.2) is 4.99 Å². The van der Waals surface area contributed by atoms with Gasteiger partial charge in [0, 0.05) is 22.1 Å². The lowest BCUT2D eigenvalue weighted by molar-refractivity contribution is 0.100. The number of alkyl halides is 1. The third-order valence-corrected chi connectivity index (χ3v) is 4.73. The van der Waals surface area contributed by atoms with Gasteiger partial charge in [0.1, 0.15) is 0 Å². The summed E-state index contributed by atoms with van der Waals surface area (Å²) >= 11 is 6.30. The molecule has 0 bridgehead atoms. The van der Waals surface area contributed by atoms with Crippen molar-refractivity contribution in [3.63, 3.8) is 0 Å². The van der Waals surface area contributed by atoms with Crippen molar-refractivity contribution in [3.8, 4) is 0 Å². The zero-order valence-electron chi connectivity index (χ0n) is 13.8. The van der Waals surface area contributed by atoms with Gasteiger partial charge in [-0.15, -0.1) is 11.6 Å². The Morgan fingerprint density at radius 1 is 1.09 bits per heavy atom. The maximum atomic E-state index is 12.5. The Bertz CT molecular complexity index is 530. The second-order valence-electron chi connectivity index (χ2n) is 7.22. The third kappa shape index (κ3) is 4.67. The molecule has 0 spiro atoms. The fourth-order valence-corrected chi connectivity index (χ4v) is 3.44. The van der Waals surface area contributed by atoms with Crippen molar-refractivity contribution < 1.29 is 4.79 Å². The highest BCUT2D eigenvalue weighted by molar-refractivity contribution is 6.20. The molecule has 0 aliphatic heterocycles. The number of nitrogens with zero attached hydrogens (tertiary/aromatic N) is 1. The van der Waals surface area contributed by atoms with Crippen molar-refractivity contribution >= 4 is 23.2 Å². The molecule has 1 fully saturated rings. The van der Waals surface area contributed by atoms with Gasteiger partial charge in [-0.3, -0.25) is 4.79 Å². The molecule has 120 valence electrons. The summed E-state index contributed by atoms with van der Waals surface area (Å²) in [5.41, 5.74) is 1.60. The van der Waals surface area contributed by atoms with Gasteiger partial charge in [0.15, 0.2) is 0 Å². The van der Waals surface area contributed by atoms with Gasteiger partial charge < -0.3 is 0 Å². The fourth-order valence-electron chi connectivity index (χ4n) is 3.16. The monoisotopic (exact) mass is 319 g/mol. The lowest BCUT2D eigenvalue weighted by atomic mass is 9.79. The van der Waals surface area contributed by atoms with E-state index in [-0.39, 0.29) is 16.7 Å². The van der Waals surface area contributed by atoms with Crippen molar-refractivity contribution in [3.05, 3.63) is 35.9 Å². The molecule has 1 aliphatic rings. The first-order chi connectivity index (χ1) is 10.4. The van der Waals surface area contributed by atoms with E-state index in [1.807, 2.05) is 30.3 Å². The van der Waals surface area contributed by atoms with Crippen LogP contribution >= 0.6 is 11.6 Å². The minimum atomic E-state index is -0.128. The molecule has 0 N–H and O–H groups in total. The van der Waals surface area contributed by atoms with Gasteiger partial charge in [-0.1, -0.05) is 45.4 Å². The molecule has 1 amide bonds. The Morgan fingerprint density at radius 2 is 1.77 bits per heavy atom. The highest BCUT2D eigenvalue weighted by Gasteiger charge is 2.30. The maximum Gasteiger partial charge on any atom is 0.276 e. The number of hydrogen-bond acceptors (Lipinski definition) is 1. The van der Waals surface area contributed by atoms with Crippen LogP contribution in [0.25, 0.3) is 0 Å². The molecule has 0 saturated heterocycles. The Balaban J connectivity index is 2.26. The summed E-state index contributed by atoms with van der Waals surface area (Å²) in [5.74, 6) is 0.244. The van der Waals surface area contributed by atoms with Gasteiger partial charge in [0.2, 0.25) is 0 Å². The SMILES string of the molecule is CC(C)(C)C(=NC(=O)c1ccccc1)C1CCCC(Cl)CC1. The van der Waals surface area contributed by atoms with Gasteiger partial charge in [-0.05, 0) is 43.7 Å². The van der Waals surface area contributed by atoms with Gasteiger partial charge in [-0.2, -0.15) is 0 Å². The predicted molar refractivity (Wildman–Crippen MR) is 93.9 cm³/mol. The van der Waals surface area contributed by atoms with Crippen LogP contribution < -0.4 is 0 Å². The van der Waals surface area contributed by atoms with Crippen molar-refractivity contribution in [2.75, 3.05) is 0 Å². The van der Waals surface area contributed by atoms with Crippen LogP contribution in [0.2, 0.25) is 0 Å². The number of hydrogen-bond donors (Lipinski definition) is 0. The second-order valence-corrected chi connectivity index (χ2v) is 7.84. The van der Waals surface area contributed by atoms with Gasteiger partial charge >= 0.3 is 0 Å². The van der Waals surface area contributed by atoms with E-state index in [1.165, 1.54) is 0 Å². The summed E-state index contributed by atoms with van der Waals surface area (Å²) in [6.45, 7) is 6.44. The molecular weight excluding hydrogens is 294 g/mol. The summed E-state index contributed by atoms with van der Waals surface area (Å²) in [7, 11) is 0. The van der Waals surface area contributed by atoms with Crippen LogP contribution in [-0.2, 0) is 0 Å². The molecule has 1 saturated carbocycles. The zero-order valence-corrected chi connectivity index (χ0v) is 14.6. The molecule has 0 radical (unpaired) electrons. The Kier molecular flexibility index (Phi) is 5.80. The van der Waals surface area contributed by atoms with E-state index in [9.17, 15) is 4.79 Å². The van der Waals surface area contributed by atoms with Gasteiger partial charge in [0.05, 0.1) is 0 Å². The number of carbonyl (C=O) groups excluding carboxylic acids is 1. The van der Waals surface area contributed by atoms with Crippen molar-refractivity contribution in [2.45, 2.75) is 58.3 Å². The topological polar surface area (TPSA) is 29.4 Å². The number of rotatable bonds is 2. The fraction of sp³-hybridized carbons (Fsp3) is 0.579. The van der Waals surface area contributed by atoms with E-state index in [0.717, 1.165) is 37.8 Å². The number of benzene rings is 1. The van der Waals surface area contributed by atoms with Crippen LogP contribution in [0.1, 0.15) is 63.2 Å². The minimum absolute atomic E-state index is 0.0960. The molecule has 0 heterocycles. The minimum Gasteiger partial charge on any atom is -0.267 e. The molecule has 1 aromatic rings. The lowest BCUT2D eigenvalue weighted by Gasteiger charge is -2.28. The Labute approximate surface area is 139 Å². The highest BCUT2D eigenvalue weighted by Crippen LogP contribution is 2.33. The van der Waals surface area contributed by atoms with E-state index in [2.05, 4.69) is 25.8 Å². The van der Waals surface area contributed by atoms with Crippen LogP contribution in [0.5, 0.6) is 0 Å². The molecule has 2 rings (SSSR count). The zero-order chi connectivity index (χ0) is 16.2. The molecule has 2 nitrogen and oxygen atoms in total. The second kappa shape index (κ2) is 7.41. The number of carbonyl (C=O) groups is 1. The van der Waals surface area contributed by atoms with Crippen molar-refractivity contribution in [2.24, 2.45) is 16.3 Å². The maximum absolute atomic E-state index is 12.5. The summed E-state index contributed by atoms with van der Waals surface area (Å²) in [5, 5.41) is 0.274. The summed E-state index contributed by atoms with van der Waals surface area (Å²) in [6.07, 6.45) is 5.32. The first-order valence-corrected chi connectivity index (χ1v) is 8.64. The van der Waals surface area contributed by atoms with E-state index >= 15 is 0 Å². The molecule has 1 aromatic carbocycles. The average molecular weight is 320 g/mol. The summed E-state index contributed by atoms with van der Waals surface area (Å²) in [6, 6.07) is 9.32. The predicted octanol–water partition coefficient (Wildman–Crippen LogP) is 5.50. The summed E-state index contributed by atoms with van der Waals surface area (Å²) in [4.78, 5) is 17.0. The smallest absolute Gasteiger partial charge is 0.267 e. The molecule has 1 aliphatic carbocycles. The third-order valence-electron chi connectivity index (χ3n) is 4.30. The standard InChI is InChI=1S/C19H26ClNO/c1-19(2,3)17(14-10-7-11-16(20)13-12-14)21-18(22)15-8-5-4-6-9-15/h4-6,8-9,14,16H,7,10-13H2,1-3H3. The van der Waals surface area contributed by atoms with E-state index in [0.29, 0.717) is 11.5 Å². The molecule has 2 unspecified atom stereocenters. The quantitative estimate of drug-likeness (QED) is 0.402. The summed E-state index contributed by atoms with van der Waals surface area (Å²) < 4.78 is 0. The average Bonchev–Trinajstić information content (AvgIpc) is 2.69. The van der Waals surface area contributed by atoms with E-state index in [1.54, 1.807) is 0 Å². The largest absolute Gasteiger partial charge is 0.276 e. The Morgan fingerprint density at radius 3 is 2.41 bits per heavy atom. The Hall–Kier alpha value is -1.15. The van der Waals surface area contributed by atoms with Crippen LogP contribution in [0.3, 0.4) is 0 Å². The van der Waals surface area contributed by atoms with Crippen LogP contribution in [0.4, 0.5) is 0 Å². The molecular formula is C19H26ClNO. The lowest BCUT2D eigenvalue weighted by Crippen LogP contribution is -2.29. The molecule has 22 heavy (non-hydrogen) atoms. The first kappa shape index (κ1) is 17.2. The van der Waals surface area contributed by atoms with Gasteiger partial charge in [0.25, 0.3) is 5.91 Å². The first-order valence-electron chi connectivity index (χ1n) is 8.20. The number of halogens is 1. The molecule has 2 atom stereocenters. The molecule has 0 aromatic heterocycles. The van der Waals surface area contributed by atoms with Crippen LogP contribution in [0, 0.1) is 11.3 Å². The molecule has 3 heteroatoms. The highest BCUT2D eigenvalue weighted by atomic mass is 35.5. The van der Waals surface area contributed by atoms with E-state index < -0.39 is 0 Å². The number of amides is 1. The van der Waals surface area contributed by atoms with Crippen molar-refractivity contribution in [1.29, 1.82) is 0 Å². The van der Waals surface area contributed by atoms with Crippen molar-refractivity contribution in [1.82, 2.24) is 0 Å². The normalized spacial score (nSPS) is 23.9. The van der Waals surface area contributed by atoms with E-state index in [4.69, 9.17) is 11.6 Å². The van der Waals surface area contributed by atoms with Crippen LogP contribution in [0.15, 0.2) is 35.3 Å². The van der Waals surface area contributed by atoms with Crippen LogP contribution in [-0.4, -0.2) is 17.0 Å².